The van der Waals surface area contributed by atoms with Crippen LogP contribution in [0, 0.1) is 0 Å². The normalized spacial score (nSPS) is 13.0. The number of nitrogens with zero attached hydrogens (tertiary/aromatic N) is 1. The molecule has 1 aliphatic heterocycles. The van der Waals surface area contributed by atoms with Crippen LogP contribution in [0.5, 0.6) is 11.5 Å². The van der Waals surface area contributed by atoms with Gasteiger partial charge in [0, 0.05) is 18.3 Å². The summed E-state index contributed by atoms with van der Waals surface area (Å²) in [4.78, 5) is 14.1. The van der Waals surface area contributed by atoms with E-state index in [1.165, 1.54) is 5.56 Å². The van der Waals surface area contributed by atoms with E-state index in [0.717, 1.165) is 12.3 Å². The van der Waals surface area contributed by atoms with Gasteiger partial charge in [0.25, 0.3) is 0 Å². The third kappa shape index (κ3) is 4.23. The van der Waals surface area contributed by atoms with Crippen molar-refractivity contribution in [3.8, 4) is 11.5 Å². The van der Waals surface area contributed by atoms with E-state index in [-0.39, 0.29) is 5.91 Å². The summed E-state index contributed by atoms with van der Waals surface area (Å²) in [6, 6.07) is 15.5. The average molecular weight is 312 g/mol. The number of carbonyl (C=O) groups is 1. The molecule has 0 aliphatic carbocycles. The Morgan fingerprint density at radius 2 is 1.83 bits per heavy atom. The van der Waals surface area contributed by atoms with Gasteiger partial charge in [-0.05, 0) is 24.7 Å². The van der Waals surface area contributed by atoms with Crippen molar-refractivity contribution >= 4 is 11.6 Å². The first-order valence-corrected chi connectivity index (χ1v) is 7.63. The maximum absolute atomic E-state index is 12.2. The predicted molar refractivity (Wildman–Crippen MR) is 88.8 cm³/mol. The van der Waals surface area contributed by atoms with Crippen LogP contribution in [-0.2, 0) is 11.3 Å². The number of carbonyl (C=O) groups excluding carboxylic acids is 1. The Labute approximate surface area is 135 Å². The van der Waals surface area contributed by atoms with Gasteiger partial charge in [-0.2, -0.15) is 0 Å². The summed E-state index contributed by atoms with van der Waals surface area (Å²) in [5.74, 6) is 1.34. The lowest BCUT2D eigenvalue weighted by Gasteiger charge is -2.20. The van der Waals surface area contributed by atoms with Crippen molar-refractivity contribution in [3.63, 3.8) is 0 Å². The van der Waals surface area contributed by atoms with Crippen LogP contribution in [0.2, 0.25) is 0 Å². The zero-order valence-corrected chi connectivity index (χ0v) is 13.1. The zero-order valence-electron chi connectivity index (χ0n) is 13.1. The Hall–Kier alpha value is -2.53. The number of ether oxygens (including phenoxy) is 2. The van der Waals surface area contributed by atoms with Crippen molar-refractivity contribution in [2.75, 3.05) is 32.1 Å². The van der Waals surface area contributed by atoms with Gasteiger partial charge in [0.05, 0.1) is 6.54 Å². The molecule has 0 saturated heterocycles. The van der Waals surface area contributed by atoms with Crippen molar-refractivity contribution in [2.24, 2.45) is 0 Å². The number of likely N-dealkylation sites (N-methyl/N-ethyl adjacent to an activating group) is 1. The van der Waals surface area contributed by atoms with E-state index < -0.39 is 0 Å². The Kier molecular flexibility index (Phi) is 4.78. The summed E-state index contributed by atoms with van der Waals surface area (Å²) in [6.45, 7) is 2.14. The minimum atomic E-state index is -0.0555. The van der Waals surface area contributed by atoms with Crippen LogP contribution in [0.25, 0.3) is 0 Å². The van der Waals surface area contributed by atoms with Crippen LogP contribution >= 0.6 is 0 Å². The molecule has 0 radical (unpaired) electrons. The fraction of sp³-hybridized carbons (Fsp3) is 0.278. The first-order valence-electron chi connectivity index (χ1n) is 7.63. The summed E-state index contributed by atoms with van der Waals surface area (Å²) in [5.41, 5.74) is 1.90. The molecular weight excluding hydrogens is 292 g/mol. The van der Waals surface area contributed by atoms with Crippen LogP contribution in [0.1, 0.15) is 5.56 Å². The van der Waals surface area contributed by atoms with E-state index in [1.807, 2.05) is 42.3 Å². The highest BCUT2D eigenvalue weighted by Crippen LogP contribution is 2.32. The summed E-state index contributed by atoms with van der Waals surface area (Å²) in [7, 11) is 1.93. The number of fused-ring (bicyclic) bond motifs is 1. The largest absolute Gasteiger partial charge is 0.486 e. The molecule has 1 N–H and O–H groups in total. The maximum Gasteiger partial charge on any atom is 0.238 e. The first kappa shape index (κ1) is 15.4. The lowest BCUT2D eigenvalue weighted by Crippen LogP contribution is -2.29. The zero-order chi connectivity index (χ0) is 16.1. The molecule has 120 valence electrons. The molecule has 5 heteroatoms. The van der Waals surface area contributed by atoms with E-state index in [4.69, 9.17) is 9.47 Å². The highest BCUT2D eigenvalue weighted by atomic mass is 16.6. The molecule has 1 amide bonds. The lowest BCUT2D eigenvalue weighted by atomic mass is 10.2. The lowest BCUT2D eigenvalue weighted by molar-refractivity contribution is -0.117. The molecule has 3 rings (SSSR count). The molecule has 0 fully saturated rings. The Balaban J connectivity index is 1.54. The Bertz CT molecular complexity index is 673. The molecule has 1 aliphatic rings. The predicted octanol–water partition coefficient (Wildman–Crippen LogP) is 2.53. The third-order valence-electron chi connectivity index (χ3n) is 3.53. The molecule has 0 aromatic heterocycles. The highest BCUT2D eigenvalue weighted by molar-refractivity contribution is 5.92. The van der Waals surface area contributed by atoms with Crippen LogP contribution in [0.4, 0.5) is 5.69 Å². The number of benzene rings is 2. The van der Waals surface area contributed by atoms with Gasteiger partial charge >= 0.3 is 0 Å². The second-order valence-electron chi connectivity index (χ2n) is 5.56. The topological polar surface area (TPSA) is 50.8 Å². The summed E-state index contributed by atoms with van der Waals surface area (Å²) in [5, 5.41) is 2.89. The van der Waals surface area contributed by atoms with Crippen molar-refractivity contribution in [2.45, 2.75) is 6.54 Å². The highest BCUT2D eigenvalue weighted by Gasteiger charge is 2.13. The summed E-state index contributed by atoms with van der Waals surface area (Å²) < 4.78 is 11.0. The van der Waals surface area contributed by atoms with Gasteiger partial charge in [-0.1, -0.05) is 30.3 Å². The number of anilines is 1. The molecule has 2 aromatic rings. The molecule has 0 atom stereocenters. The van der Waals surface area contributed by atoms with Gasteiger partial charge in [0.2, 0.25) is 5.91 Å². The molecule has 0 bridgehead atoms. The van der Waals surface area contributed by atoms with Gasteiger partial charge in [-0.25, -0.2) is 0 Å². The van der Waals surface area contributed by atoms with Crippen molar-refractivity contribution < 1.29 is 14.3 Å². The molecule has 1 heterocycles. The molecule has 23 heavy (non-hydrogen) atoms. The second kappa shape index (κ2) is 7.15. The van der Waals surface area contributed by atoms with Crippen LogP contribution in [-0.4, -0.2) is 37.6 Å². The van der Waals surface area contributed by atoms with Gasteiger partial charge in [-0.15, -0.1) is 0 Å². The number of hydrogen-bond acceptors (Lipinski definition) is 4. The van der Waals surface area contributed by atoms with Crippen LogP contribution in [0.3, 0.4) is 0 Å². The summed E-state index contributed by atoms with van der Waals surface area (Å²) >= 11 is 0. The van der Waals surface area contributed by atoms with E-state index in [1.54, 1.807) is 6.07 Å². The fourth-order valence-corrected chi connectivity index (χ4v) is 2.52. The molecular formula is C18H20N2O3. The van der Waals surface area contributed by atoms with Gasteiger partial charge in [-0.3, -0.25) is 9.69 Å². The van der Waals surface area contributed by atoms with Crippen molar-refractivity contribution in [1.29, 1.82) is 0 Å². The maximum atomic E-state index is 12.2. The van der Waals surface area contributed by atoms with Crippen molar-refractivity contribution in [1.82, 2.24) is 4.90 Å². The standard InChI is InChI=1S/C18H20N2O3/c1-20(12-14-5-3-2-4-6-14)13-18(21)19-15-7-8-16-17(11-15)23-10-9-22-16/h2-8,11H,9-10,12-13H2,1H3,(H,19,21). The first-order chi connectivity index (χ1) is 11.2. The van der Waals surface area contributed by atoms with E-state index in [9.17, 15) is 4.79 Å². The molecule has 0 spiro atoms. The number of nitrogens with one attached hydrogen (secondary N) is 1. The third-order valence-corrected chi connectivity index (χ3v) is 3.53. The molecule has 0 saturated carbocycles. The van der Waals surface area contributed by atoms with Crippen LogP contribution in [0.15, 0.2) is 48.5 Å². The van der Waals surface area contributed by atoms with Crippen molar-refractivity contribution in [3.05, 3.63) is 54.1 Å². The molecule has 2 aromatic carbocycles. The second-order valence-corrected chi connectivity index (χ2v) is 5.56. The van der Waals surface area contributed by atoms with E-state index >= 15 is 0 Å². The summed E-state index contributed by atoms with van der Waals surface area (Å²) in [6.07, 6.45) is 0. The molecule has 0 unspecified atom stereocenters. The minimum Gasteiger partial charge on any atom is -0.486 e. The molecule has 5 nitrogen and oxygen atoms in total. The monoisotopic (exact) mass is 312 g/mol. The fourth-order valence-electron chi connectivity index (χ4n) is 2.52. The average Bonchev–Trinajstić information content (AvgIpc) is 2.55. The van der Waals surface area contributed by atoms with E-state index in [2.05, 4.69) is 17.4 Å². The Morgan fingerprint density at radius 3 is 2.61 bits per heavy atom. The van der Waals surface area contributed by atoms with Gasteiger partial charge < -0.3 is 14.8 Å². The van der Waals surface area contributed by atoms with Gasteiger partial charge in [0.15, 0.2) is 11.5 Å². The minimum absolute atomic E-state index is 0.0555. The Morgan fingerprint density at radius 1 is 1.09 bits per heavy atom. The smallest absolute Gasteiger partial charge is 0.238 e. The number of hydrogen-bond donors (Lipinski definition) is 1. The number of amides is 1. The van der Waals surface area contributed by atoms with Gasteiger partial charge in [0.1, 0.15) is 13.2 Å². The van der Waals surface area contributed by atoms with Crippen LogP contribution < -0.4 is 14.8 Å². The number of rotatable bonds is 5. The quantitative estimate of drug-likeness (QED) is 0.922. The SMILES string of the molecule is CN(CC(=O)Nc1ccc2c(c1)OCCO2)Cc1ccccc1. The van der Waals surface area contributed by atoms with E-state index in [0.29, 0.717) is 31.2 Å².